The van der Waals surface area contributed by atoms with Crippen molar-refractivity contribution in [2.75, 3.05) is 19.6 Å². The van der Waals surface area contributed by atoms with Gasteiger partial charge >= 0.3 is 0 Å². The number of hydrogen-bond donors (Lipinski definition) is 1. The van der Waals surface area contributed by atoms with E-state index < -0.39 is 0 Å². The lowest BCUT2D eigenvalue weighted by Crippen LogP contribution is -2.26. The largest absolute Gasteiger partial charge is 0.330 e. The highest BCUT2D eigenvalue weighted by atomic mass is 15.1. The van der Waals surface area contributed by atoms with Gasteiger partial charge in [0.1, 0.15) is 0 Å². The Hall–Kier alpha value is -0.860. The first-order valence-corrected chi connectivity index (χ1v) is 8.50. The van der Waals surface area contributed by atoms with Crippen molar-refractivity contribution < 1.29 is 0 Å². The molecule has 2 nitrogen and oxygen atoms in total. The summed E-state index contributed by atoms with van der Waals surface area (Å²) in [6.07, 6.45) is 5.04. The highest BCUT2D eigenvalue weighted by Gasteiger charge is 2.27. The third-order valence-electron chi connectivity index (χ3n) is 4.97. The van der Waals surface area contributed by atoms with Gasteiger partial charge in [0.05, 0.1) is 0 Å². The van der Waals surface area contributed by atoms with Crippen LogP contribution >= 0.6 is 0 Å². The van der Waals surface area contributed by atoms with Gasteiger partial charge in [0.15, 0.2) is 0 Å². The van der Waals surface area contributed by atoms with Crippen molar-refractivity contribution >= 4 is 0 Å². The van der Waals surface area contributed by atoms with Crippen molar-refractivity contribution in [3.05, 3.63) is 35.4 Å². The van der Waals surface area contributed by atoms with Gasteiger partial charge in [-0.2, -0.15) is 0 Å². The maximum Gasteiger partial charge on any atom is 0.0236 e. The zero-order chi connectivity index (χ0) is 15.3. The van der Waals surface area contributed by atoms with E-state index in [2.05, 4.69) is 49.9 Å². The lowest BCUT2D eigenvalue weighted by atomic mass is 9.77. The SMILES string of the molecule is CC(C)(C)C1CCCN(Cc2ccccc2CCN)CC1. The van der Waals surface area contributed by atoms with Crippen LogP contribution < -0.4 is 5.73 Å². The minimum Gasteiger partial charge on any atom is -0.330 e. The molecule has 1 aliphatic heterocycles. The molecular weight excluding hydrogens is 256 g/mol. The van der Waals surface area contributed by atoms with Gasteiger partial charge in [0, 0.05) is 6.54 Å². The minimum absolute atomic E-state index is 0.452. The number of rotatable bonds is 4. The van der Waals surface area contributed by atoms with Gasteiger partial charge in [-0.3, -0.25) is 4.90 Å². The fraction of sp³-hybridized carbons (Fsp3) is 0.684. The van der Waals surface area contributed by atoms with Gasteiger partial charge in [0.25, 0.3) is 0 Å². The van der Waals surface area contributed by atoms with Gasteiger partial charge in [0.2, 0.25) is 0 Å². The zero-order valence-electron chi connectivity index (χ0n) is 14.1. The molecule has 0 bridgehead atoms. The van der Waals surface area contributed by atoms with Crippen molar-refractivity contribution in [2.45, 2.75) is 53.0 Å². The Balaban J connectivity index is 1.98. The summed E-state index contributed by atoms with van der Waals surface area (Å²) in [5.41, 5.74) is 9.09. The first kappa shape index (κ1) is 16.5. The molecule has 1 heterocycles. The summed E-state index contributed by atoms with van der Waals surface area (Å²) in [4.78, 5) is 2.64. The number of nitrogens with two attached hydrogens (primary N) is 1. The molecule has 1 atom stereocenters. The van der Waals surface area contributed by atoms with E-state index in [1.54, 1.807) is 0 Å². The van der Waals surface area contributed by atoms with Crippen molar-refractivity contribution in [1.82, 2.24) is 4.90 Å². The average molecular weight is 288 g/mol. The molecule has 0 saturated carbocycles. The van der Waals surface area contributed by atoms with E-state index in [0.29, 0.717) is 5.41 Å². The molecule has 0 amide bonds. The fourth-order valence-corrected chi connectivity index (χ4v) is 3.53. The molecule has 0 aliphatic carbocycles. The second-order valence-corrected chi connectivity index (χ2v) is 7.58. The van der Waals surface area contributed by atoms with E-state index >= 15 is 0 Å². The van der Waals surface area contributed by atoms with Crippen molar-refractivity contribution in [3.63, 3.8) is 0 Å². The second kappa shape index (κ2) is 7.42. The number of nitrogens with zero attached hydrogens (tertiary/aromatic N) is 1. The van der Waals surface area contributed by atoms with Crippen LogP contribution in [-0.4, -0.2) is 24.5 Å². The summed E-state index contributed by atoms with van der Waals surface area (Å²) in [7, 11) is 0. The molecule has 2 heteroatoms. The first-order chi connectivity index (χ1) is 10.0. The van der Waals surface area contributed by atoms with Gasteiger partial charge in [-0.05, 0) is 67.8 Å². The van der Waals surface area contributed by atoms with Crippen LogP contribution in [0.5, 0.6) is 0 Å². The molecule has 118 valence electrons. The number of hydrogen-bond acceptors (Lipinski definition) is 2. The fourth-order valence-electron chi connectivity index (χ4n) is 3.53. The normalized spacial score (nSPS) is 21.2. The highest BCUT2D eigenvalue weighted by Crippen LogP contribution is 2.34. The molecule has 1 aromatic carbocycles. The molecule has 2 rings (SSSR count). The Morgan fingerprint density at radius 3 is 2.48 bits per heavy atom. The Morgan fingerprint density at radius 2 is 1.81 bits per heavy atom. The monoisotopic (exact) mass is 288 g/mol. The third-order valence-corrected chi connectivity index (χ3v) is 4.97. The van der Waals surface area contributed by atoms with E-state index in [-0.39, 0.29) is 0 Å². The molecule has 21 heavy (non-hydrogen) atoms. The predicted molar refractivity (Wildman–Crippen MR) is 91.3 cm³/mol. The predicted octanol–water partition coefficient (Wildman–Crippen LogP) is 3.84. The minimum atomic E-state index is 0.452. The van der Waals surface area contributed by atoms with Crippen LogP contribution in [0.3, 0.4) is 0 Å². The van der Waals surface area contributed by atoms with Gasteiger partial charge in [-0.1, -0.05) is 45.0 Å². The Morgan fingerprint density at radius 1 is 1.10 bits per heavy atom. The van der Waals surface area contributed by atoms with E-state index in [9.17, 15) is 0 Å². The van der Waals surface area contributed by atoms with Crippen LogP contribution in [-0.2, 0) is 13.0 Å². The molecule has 2 N–H and O–H groups in total. The molecule has 1 aromatic rings. The highest BCUT2D eigenvalue weighted by molar-refractivity contribution is 5.27. The third kappa shape index (κ3) is 4.82. The second-order valence-electron chi connectivity index (χ2n) is 7.58. The summed E-state index contributed by atoms with van der Waals surface area (Å²) >= 11 is 0. The van der Waals surface area contributed by atoms with Crippen LogP contribution in [0.15, 0.2) is 24.3 Å². The molecule has 1 unspecified atom stereocenters. The molecule has 0 spiro atoms. The average Bonchev–Trinajstić information content (AvgIpc) is 2.66. The van der Waals surface area contributed by atoms with Crippen LogP contribution in [0, 0.1) is 11.3 Å². The quantitative estimate of drug-likeness (QED) is 0.912. The van der Waals surface area contributed by atoms with E-state index in [0.717, 1.165) is 25.4 Å². The molecule has 1 aliphatic rings. The zero-order valence-corrected chi connectivity index (χ0v) is 14.1. The lowest BCUT2D eigenvalue weighted by Gasteiger charge is -2.30. The Labute approximate surface area is 130 Å². The molecular formula is C19H32N2. The van der Waals surface area contributed by atoms with Crippen molar-refractivity contribution in [3.8, 4) is 0 Å². The maximum absolute atomic E-state index is 5.74. The smallest absolute Gasteiger partial charge is 0.0236 e. The Bertz CT molecular complexity index is 433. The molecule has 0 radical (unpaired) electrons. The number of likely N-dealkylation sites (tertiary alicyclic amines) is 1. The number of benzene rings is 1. The standard InChI is InChI=1S/C19H32N2/c1-19(2,3)18-9-6-13-21(14-11-18)15-17-8-5-4-7-16(17)10-12-20/h4-5,7-8,18H,6,9-15,20H2,1-3H3. The van der Waals surface area contributed by atoms with Gasteiger partial charge < -0.3 is 5.73 Å². The molecule has 0 aromatic heterocycles. The maximum atomic E-state index is 5.74. The molecule has 1 saturated heterocycles. The summed E-state index contributed by atoms with van der Waals surface area (Å²) in [6.45, 7) is 11.5. The Kier molecular flexibility index (Phi) is 5.83. The van der Waals surface area contributed by atoms with Crippen LogP contribution in [0.4, 0.5) is 0 Å². The van der Waals surface area contributed by atoms with Crippen LogP contribution in [0.25, 0.3) is 0 Å². The van der Waals surface area contributed by atoms with Crippen LogP contribution in [0.2, 0.25) is 0 Å². The topological polar surface area (TPSA) is 29.3 Å². The summed E-state index contributed by atoms with van der Waals surface area (Å²) in [5, 5.41) is 0. The van der Waals surface area contributed by atoms with Gasteiger partial charge in [-0.25, -0.2) is 0 Å². The first-order valence-electron chi connectivity index (χ1n) is 8.50. The van der Waals surface area contributed by atoms with Crippen molar-refractivity contribution in [2.24, 2.45) is 17.1 Å². The van der Waals surface area contributed by atoms with E-state index in [1.807, 2.05) is 0 Å². The summed E-state index contributed by atoms with van der Waals surface area (Å²) < 4.78 is 0. The molecule has 1 fully saturated rings. The summed E-state index contributed by atoms with van der Waals surface area (Å²) in [6, 6.07) is 8.80. The van der Waals surface area contributed by atoms with Crippen molar-refractivity contribution in [1.29, 1.82) is 0 Å². The van der Waals surface area contributed by atoms with Gasteiger partial charge in [-0.15, -0.1) is 0 Å². The lowest BCUT2D eigenvalue weighted by molar-refractivity contribution is 0.206. The van der Waals surface area contributed by atoms with E-state index in [1.165, 1.54) is 43.5 Å². The van der Waals surface area contributed by atoms with Crippen LogP contribution in [0.1, 0.15) is 51.2 Å². The van der Waals surface area contributed by atoms with E-state index in [4.69, 9.17) is 5.73 Å². The summed E-state index contributed by atoms with van der Waals surface area (Å²) in [5.74, 6) is 0.863.